The number of rotatable bonds is 11. The molecule has 0 aliphatic carbocycles. The van der Waals surface area contributed by atoms with Gasteiger partial charge in [0.05, 0.1) is 32.5 Å². The molecule has 0 atom stereocenters. The Morgan fingerprint density at radius 1 is 1.22 bits per heavy atom. The first-order chi connectivity index (χ1) is 14.9. The normalized spacial score (nSPS) is 11.3. The van der Waals surface area contributed by atoms with Crippen LogP contribution in [-0.2, 0) is 24.4 Å². The van der Waals surface area contributed by atoms with E-state index >= 15 is 0 Å². The van der Waals surface area contributed by atoms with E-state index in [2.05, 4.69) is 25.5 Å². The van der Waals surface area contributed by atoms with E-state index in [1.54, 1.807) is 19.2 Å². The number of aromatic nitrogens is 2. The molecule has 2 N–H and O–H groups in total. The van der Waals surface area contributed by atoms with E-state index < -0.39 is 6.61 Å². The van der Waals surface area contributed by atoms with Crippen LogP contribution in [0.15, 0.2) is 23.2 Å². The first-order valence-electron chi connectivity index (χ1n) is 10.0. The lowest BCUT2D eigenvalue weighted by molar-refractivity contribution is -0.0504. The molecule has 0 unspecified atom stereocenters. The minimum Gasteiger partial charge on any atom is -0.497 e. The zero-order chi connectivity index (χ0) is 22.8. The molecule has 1 aromatic heterocycles. The number of nitrogens with one attached hydrogen (secondary N) is 2. The molecule has 2 aromatic rings. The van der Waals surface area contributed by atoms with Crippen molar-refractivity contribution in [1.82, 2.24) is 20.4 Å². The molecule has 0 aliphatic heterocycles. The molecule has 180 valence electrons. The number of ether oxygens (including phenoxy) is 3. The fourth-order valence-corrected chi connectivity index (χ4v) is 3.08. The molecule has 0 saturated carbocycles. The highest BCUT2D eigenvalue weighted by Gasteiger charge is 2.13. The third-order valence-corrected chi connectivity index (χ3v) is 4.71. The average molecular weight is 567 g/mol. The van der Waals surface area contributed by atoms with Gasteiger partial charge in [-0.3, -0.25) is 4.68 Å². The summed E-state index contributed by atoms with van der Waals surface area (Å²) in [6.07, 6.45) is 0. The number of guanidine groups is 1. The third-order valence-electron chi connectivity index (χ3n) is 4.71. The van der Waals surface area contributed by atoms with Gasteiger partial charge < -0.3 is 24.8 Å². The fraction of sp³-hybridized carbons (Fsp3) is 0.524. The van der Waals surface area contributed by atoms with Crippen LogP contribution < -0.4 is 20.1 Å². The first-order valence-corrected chi connectivity index (χ1v) is 10.0. The quantitative estimate of drug-likeness (QED) is 0.245. The molecule has 0 fully saturated rings. The summed E-state index contributed by atoms with van der Waals surface area (Å²) in [6, 6.07) is 4.66. The van der Waals surface area contributed by atoms with Crippen molar-refractivity contribution in [3.8, 4) is 11.5 Å². The summed E-state index contributed by atoms with van der Waals surface area (Å²) in [7, 11) is 3.17. The Bertz CT molecular complexity index is 877. The van der Waals surface area contributed by atoms with Gasteiger partial charge in [-0.15, -0.1) is 24.0 Å². The third kappa shape index (κ3) is 8.08. The van der Waals surface area contributed by atoms with Gasteiger partial charge in [0.15, 0.2) is 5.96 Å². The van der Waals surface area contributed by atoms with Gasteiger partial charge in [0.25, 0.3) is 0 Å². The Labute approximate surface area is 204 Å². The van der Waals surface area contributed by atoms with E-state index in [-0.39, 0.29) is 36.3 Å². The van der Waals surface area contributed by atoms with E-state index in [1.165, 1.54) is 13.2 Å². The number of benzene rings is 1. The number of methoxy groups -OCH3 is 2. The summed E-state index contributed by atoms with van der Waals surface area (Å²) in [6.45, 7) is 5.59. The average Bonchev–Trinajstić information content (AvgIpc) is 3.01. The van der Waals surface area contributed by atoms with Crippen LogP contribution in [0, 0.1) is 13.8 Å². The molecule has 0 aliphatic rings. The zero-order valence-corrected chi connectivity index (χ0v) is 21.4. The van der Waals surface area contributed by atoms with Crippen molar-refractivity contribution >= 4 is 29.9 Å². The van der Waals surface area contributed by atoms with Crippen LogP contribution in [0.5, 0.6) is 11.5 Å². The summed E-state index contributed by atoms with van der Waals surface area (Å²) in [5.41, 5.74) is 3.55. The molecule has 0 radical (unpaired) electrons. The largest absolute Gasteiger partial charge is 0.497 e. The van der Waals surface area contributed by atoms with Crippen molar-refractivity contribution in [2.24, 2.45) is 4.99 Å². The molecule has 8 nitrogen and oxygen atoms in total. The lowest BCUT2D eigenvalue weighted by atomic mass is 10.2. The summed E-state index contributed by atoms with van der Waals surface area (Å²) in [5.74, 6) is 1.16. The van der Waals surface area contributed by atoms with E-state index in [0.717, 1.165) is 17.0 Å². The number of alkyl halides is 2. The zero-order valence-electron chi connectivity index (χ0n) is 19.1. The minimum atomic E-state index is -2.91. The lowest BCUT2D eigenvalue weighted by Crippen LogP contribution is -2.37. The SMILES string of the molecule is CCNC(=NCc1cc(OC)ccc1OC(F)F)NCc1c(C)nn(CCOC)c1C.I. The number of nitrogens with zero attached hydrogens (tertiary/aromatic N) is 3. The number of hydrogen-bond donors (Lipinski definition) is 2. The Kier molecular flexibility index (Phi) is 12.3. The molecule has 1 aromatic carbocycles. The van der Waals surface area contributed by atoms with Crippen molar-refractivity contribution in [1.29, 1.82) is 0 Å². The Morgan fingerprint density at radius 3 is 2.59 bits per heavy atom. The van der Waals surface area contributed by atoms with Gasteiger partial charge in [-0.1, -0.05) is 0 Å². The highest BCUT2D eigenvalue weighted by atomic mass is 127. The predicted molar refractivity (Wildman–Crippen MR) is 130 cm³/mol. The van der Waals surface area contributed by atoms with Crippen LogP contribution in [0.1, 0.15) is 29.4 Å². The van der Waals surface area contributed by atoms with Gasteiger partial charge in [-0.25, -0.2) is 4.99 Å². The summed E-state index contributed by atoms with van der Waals surface area (Å²) in [5, 5.41) is 11.0. The fourth-order valence-electron chi connectivity index (χ4n) is 3.08. The van der Waals surface area contributed by atoms with Gasteiger partial charge >= 0.3 is 6.61 Å². The molecule has 32 heavy (non-hydrogen) atoms. The predicted octanol–water partition coefficient (Wildman–Crippen LogP) is 3.63. The number of aryl methyl sites for hydroxylation is 1. The Morgan fingerprint density at radius 2 is 1.97 bits per heavy atom. The molecule has 0 saturated heterocycles. The van der Waals surface area contributed by atoms with Crippen LogP contribution in [0.3, 0.4) is 0 Å². The maximum atomic E-state index is 12.7. The molecular weight excluding hydrogens is 535 g/mol. The molecule has 1 heterocycles. The molecule has 0 bridgehead atoms. The Balaban J connectivity index is 0.00000512. The number of aliphatic imine (C=N–C) groups is 1. The smallest absolute Gasteiger partial charge is 0.387 e. The second kappa shape index (κ2) is 14.1. The minimum absolute atomic E-state index is 0. The molecule has 0 amide bonds. The number of halogens is 3. The number of hydrogen-bond acceptors (Lipinski definition) is 5. The Hall–Kier alpha value is -2.15. The topological polar surface area (TPSA) is 81.9 Å². The molecule has 0 spiro atoms. The lowest BCUT2D eigenvalue weighted by Gasteiger charge is -2.14. The van der Waals surface area contributed by atoms with Crippen LogP contribution in [-0.4, -0.2) is 49.7 Å². The second-order valence-electron chi connectivity index (χ2n) is 6.77. The van der Waals surface area contributed by atoms with Crippen LogP contribution in [0.25, 0.3) is 0 Å². The van der Waals surface area contributed by atoms with Gasteiger partial charge in [-0.05, 0) is 39.0 Å². The second-order valence-corrected chi connectivity index (χ2v) is 6.77. The van der Waals surface area contributed by atoms with E-state index in [1.807, 2.05) is 25.5 Å². The van der Waals surface area contributed by atoms with Gasteiger partial charge in [0, 0.05) is 37.0 Å². The van der Waals surface area contributed by atoms with Crippen LogP contribution in [0.4, 0.5) is 8.78 Å². The molecular formula is C21H32F2IN5O3. The van der Waals surface area contributed by atoms with E-state index in [4.69, 9.17) is 9.47 Å². The van der Waals surface area contributed by atoms with Crippen molar-refractivity contribution in [2.45, 2.75) is 47.0 Å². The van der Waals surface area contributed by atoms with Gasteiger partial charge in [-0.2, -0.15) is 13.9 Å². The monoisotopic (exact) mass is 567 g/mol. The van der Waals surface area contributed by atoms with Crippen LogP contribution in [0.2, 0.25) is 0 Å². The molecule has 2 rings (SSSR count). The van der Waals surface area contributed by atoms with Crippen molar-refractivity contribution < 1.29 is 23.0 Å². The highest BCUT2D eigenvalue weighted by Crippen LogP contribution is 2.26. The maximum absolute atomic E-state index is 12.7. The first kappa shape index (κ1) is 27.9. The van der Waals surface area contributed by atoms with Crippen molar-refractivity contribution in [3.63, 3.8) is 0 Å². The summed E-state index contributed by atoms with van der Waals surface area (Å²) < 4.78 is 42.3. The summed E-state index contributed by atoms with van der Waals surface area (Å²) >= 11 is 0. The van der Waals surface area contributed by atoms with E-state index in [9.17, 15) is 8.78 Å². The maximum Gasteiger partial charge on any atom is 0.387 e. The highest BCUT2D eigenvalue weighted by molar-refractivity contribution is 14.0. The molecule has 11 heteroatoms. The standard InChI is InChI=1S/C21H31F2N5O3.HI/c1-6-24-21(26-13-18-14(2)27-28(15(18)3)9-10-29-4)25-12-16-11-17(30-5)7-8-19(16)31-20(22)23;/h7-8,11,20H,6,9-10,12-13H2,1-5H3,(H2,24,25,26);1H. The van der Waals surface area contributed by atoms with Gasteiger partial charge in [0.1, 0.15) is 11.5 Å². The van der Waals surface area contributed by atoms with Crippen molar-refractivity contribution in [3.05, 3.63) is 40.7 Å². The van der Waals surface area contributed by atoms with Crippen LogP contribution >= 0.6 is 24.0 Å². The van der Waals surface area contributed by atoms with Crippen molar-refractivity contribution in [2.75, 3.05) is 27.4 Å². The summed E-state index contributed by atoms with van der Waals surface area (Å²) in [4.78, 5) is 4.52. The van der Waals surface area contributed by atoms with Gasteiger partial charge in [0.2, 0.25) is 0 Å². The van der Waals surface area contributed by atoms with E-state index in [0.29, 0.717) is 43.5 Å².